The molecule has 2 aliphatic heterocycles. The van der Waals surface area contributed by atoms with Crippen molar-refractivity contribution in [1.29, 1.82) is 0 Å². The van der Waals surface area contributed by atoms with Crippen LogP contribution < -0.4 is 5.32 Å². The van der Waals surface area contributed by atoms with Crippen LogP contribution in [0.1, 0.15) is 40.4 Å². The molecule has 41 heavy (non-hydrogen) atoms. The zero-order valence-corrected chi connectivity index (χ0v) is 22.7. The number of nitrogens with one attached hydrogen (secondary N) is 1. The fraction of sp³-hybridized carbons (Fsp3) is 0.276. The maximum Gasteiger partial charge on any atom is 0.269 e. The zero-order valence-electron chi connectivity index (χ0n) is 21.8. The first-order valence-electron chi connectivity index (χ1n) is 13.0. The number of nitrogens with zero attached hydrogens (tertiary/aromatic N) is 2. The molecule has 1 saturated heterocycles. The van der Waals surface area contributed by atoms with E-state index >= 15 is 4.39 Å². The van der Waals surface area contributed by atoms with Crippen molar-refractivity contribution in [3.63, 3.8) is 0 Å². The predicted molar refractivity (Wildman–Crippen MR) is 143 cm³/mol. The second-order valence-electron chi connectivity index (χ2n) is 9.77. The van der Waals surface area contributed by atoms with Gasteiger partial charge in [-0.3, -0.25) is 14.4 Å². The molecule has 0 spiro atoms. The van der Waals surface area contributed by atoms with E-state index in [4.69, 9.17) is 4.74 Å². The third-order valence-electron chi connectivity index (χ3n) is 7.07. The highest BCUT2D eigenvalue weighted by atomic mass is 32.2. The van der Waals surface area contributed by atoms with Gasteiger partial charge in [0.2, 0.25) is 11.8 Å². The van der Waals surface area contributed by atoms with Crippen molar-refractivity contribution in [1.82, 2.24) is 14.5 Å². The minimum absolute atomic E-state index is 0.0784. The van der Waals surface area contributed by atoms with Gasteiger partial charge < -0.3 is 15.0 Å². The summed E-state index contributed by atoms with van der Waals surface area (Å²) in [7, 11) is -4.35. The zero-order chi connectivity index (χ0) is 29.1. The average Bonchev–Trinajstić information content (AvgIpc) is 3.55. The summed E-state index contributed by atoms with van der Waals surface area (Å²) in [5, 5.41) is 2.73. The molecule has 12 heteroatoms. The summed E-state index contributed by atoms with van der Waals surface area (Å²) in [6.45, 7) is -0.564. The van der Waals surface area contributed by atoms with E-state index < -0.39 is 52.0 Å². The summed E-state index contributed by atoms with van der Waals surface area (Å²) in [5.74, 6) is -3.84. The smallest absolute Gasteiger partial charge is 0.269 e. The maximum atomic E-state index is 15.2. The quantitative estimate of drug-likeness (QED) is 0.414. The van der Waals surface area contributed by atoms with Gasteiger partial charge in [-0.2, -0.15) is 0 Å². The van der Waals surface area contributed by atoms with Crippen LogP contribution in [-0.2, 0) is 30.9 Å². The molecule has 3 aromatic rings. The number of carbonyl (C=O) groups excluding carboxylic acids is 3. The number of hydrogen-bond donors (Lipinski definition) is 1. The summed E-state index contributed by atoms with van der Waals surface area (Å²) < 4.78 is 61.2. The van der Waals surface area contributed by atoms with Gasteiger partial charge in [-0.15, -0.1) is 0 Å². The Morgan fingerprint density at radius 3 is 2.41 bits per heavy atom. The molecule has 2 aliphatic rings. The van der Waals surface area contributed by atoms with E-state index in [0.717, 1.165) is 23.8 Å². The minimum Gasteiger partial charge on any atom is -0.376 e. The molecule has 0 bridgehead atoms. The average molecular weight is 584 g/mol. The Balaban J connectivity index is 1.52. The molecule has 0 aliphatic carbocycles. The van der Waals surface area contributed by atoms with Gasteiger partial charge in [-0.05, 0) is 48.7 Å². The van der Waals surface area contributed by atoms with E-state index in [1.54, 1.807) is 0 Å². The number of halogens is 2. The lowest BCUT2D eigenvalue weighted by atomic mass is 10.0. The SMILES string of the molecule is O=C(NC[C@H]1CCCO1)[C@H](c1ccccc1F)N(Cc1ccc(F)cc1)C(=O)CN1C(=O)c2ccccc2S1(=O)=O. The number of rotatable bonds is 9. The number of hydrogen-bond acceptors (Lipinski definition) is 6. The number of carbonyl (C=O) groups is 3. The molecule has 2 heterocycles. The van der Waals surface area contributed by atoms with Crippen LogP contribution in [0, 0.1) is 11.6 Å². The van der Waals surface area contributed by atoms with Crippen LogP contribution in [0.3, 0.4) is 0 Å². The van der Waals surface area contributed by atoms with Gasteiger partial charge in [-0.1, -0.05) is 42.5 Å². The summed E-state index contributed by atoms with van der Waals surface area (Å²) in [4.78, 5) is 41.4. The van der Waals surface area contributed by atoms with Crippen LogP contribution in [-0.4, -0.2) is 61.1 Å². The molecular weight excluding hydrogens is 556 g/mol. The van der Waals surface area contributed by atoms with E-state index in [1.807, 2.05) is 0 Å². The van der Waals surface area contributed by atoms with Crippen LogP contribution in [0.15, 0.2) is 77.7 Å². The molecule has 214 valence electrons. The monoisotopic (exact) mass is 583 g/mol. The van der Waals surface area contributed by atoms with Gasteiger partial charge in [0, 0.05) is 25.3 Å². The molecule has 0 saturated carbocycles. The molecule has 1 fully saturated rings. The van der Waals surface area contributed by atoms with Gasteiger partial charge in [0.25, 0.3) is 15.9 Å². The predicted octanol–water partition coefficient (Wildman–Crippen LogP) is 3.17. The molecule has 0 unspecified atom stereocenters. The number of benzene rings is 3. The van der Waals surface area contributed by atoms with E-state index in [9.17, 15) is 27.2 Å². The van der Waals surface area contributed by atoms with Crippen molar-refractivity contribution in [3.8, 4) is 0 Å². The van der Waals surface area contributed by atoms with E-state index in [0.29, 0.717) is 16.5 Å². The van der Waals surface area contributed by atoms with Crippen LogP contribution in [0.5, 0.6) is 0 Å². The van der Waals surface area contributed by atoms with Crippen LogP contribution in [0.25, 0.3) is 0 Å². The molecule has 0 radical (unpaired) electrons. The number of ether oxygens (including phenoxy) is 1. The van der Waals surface area contributed by atoms with Crippen LogP contribution in [0.2, 0.25) is 0 Å². The fourth-order valence-corrected chi connectivity index (χ4v) is 6.49. The Hall–Kier alpha value is -4.16. The minimum atomic E-state index is -4.35. The van der Waals surface area contributed by atoms with Crippen LogP contribution in [0.4, 0.5) is 8.78 Å². The maximum absolute atomic E-state index is 15.2. The van der Waals surface area contributed by atoms with E-state index in [1.165, 1.54) is 66.7 Å². The first-order valence-corrected chi connectivity index (χ1v) is 14.4. The fourth-order valence-electron chi connectivity index (χ4n) is 4.97. The van der Waals surface area contributed by atoms with Crippen molar-refractivity contribution >= 4 is 27.7 Å². The molecule has 3 amide bonds. The summed E-state index contributed by atoms with van der Waals surface area (Å²) in [6.07, 6.45) is 1.30. The van der Waals surface area contributed by atoms with Crippen molar-refractivity contribution < 1.29 is 36.3 Å². The first-order chi connectivity index (χ1) is 19.7. The third kappa shape index (κ3) is 5.84. The Kier molecular flexibility index (Phi) is 8.13. The topological polar surface area (TPSA) is 113 Å². The molecular formula is C29H27F2N3O6S. The van der Waals surface area contributed by atoms with Crippen molar-refractivity contribution in [2.24, 2.45) is 0 Å². The number of fused-ring (bicyclic) bond motifs is 1. The third-order valence-corrected chi connectivity index (χ3v) is 8.85. The lowest BCUT2D eigenvalue weighted by Gasteiger charge is -2.33. The van der Waals surface area contributed by atoms with E-state index in [-0.39, 0.29) is 35.2 Å². The lowest BCUT2D eigenvalue weighted by molar-refractivity contribution is -0.141. The van der Waals surface area contributed by atoms with Gasteiger partial charge >= 0.3 is 0 Å². The van der Waals surface area contributed by atoms with Crippen molar-refractivity contribution in [3.05, 3.63) is 101 Å². The second kappa shape index (κ2) is 11.8. The van der Waals surface area contributed by atoms with Crippen molar-refractivity contribution in [2.45, 2.75) is 36.4 Å². The molecule has 3 aromatic carbocycles. The highest BCUT2D eigenvalue weighted by Gasteiger charge is 2.44. The molecule has 5 rings (SSSR count). The molecule has 0 aromatic heterocycles. The molecule has 1 N–H and O–H groups in total. The normalized spacial score (nSPS) is 18.1. The highest BCUT2D eigenvalue weighted by molar-refractivity contribution is 7.90. The van der Waals surface area contributed by atoms with Gasteiger partial charge in [0.15, 0.2) is 0 Å². The summed E-state index contributed by atoms with van der Waals surface area (Å²) >= 11 is 0. The standard InChI is InChI=1S/C29H27F2N3O6S/c30-20-13-11-19(12-14-20)17-33(26(35)18-34-29(37)23-8-2-4-10-25(23)41(34,38)39)27(22-7-1-3-9-24(22)31)28(36)32-16-21-6-5-15-40-21/h1-4,7-14,21,27H,5-6,15-18H2,(H,32,36)/t21-,27+/m1/s1. The van der Waals surface area contributed by atoms with Crippen LogP contribution >= 0.6 is 0 Å². The molecule has 2 atom stereocenters. The van der Waals surface area contributed by atoms with Gasteiger partial charge in [0.1, 0.15) is 29.1 Å². The van der Waals surface area contributed by atoms with Gasteiger partial charge in [-0.25, -0.2) is 21.5 Å². The highest BCUT2D eigenvalue weighted by Crippen LogP contribution is 2.32. The second-order valence-corrected chi connectivity index (χ2v) is 11.6. The summed E-state index contributed by atoms with van der Waals surface area (Å²) in [6, 6.07) is 14.6. The lowest BCUT2D eigenvalue weighted by Crippen LogP contribution is -2.49. The largest absolute Gasteiger partial charge is 0.376 e. The summed E-state index contributed by atoms with van der Waals surface area (Å²) in [5.41, 5.74) is 0.184. The number of amides is 3. The molecule has 9 nitrogen and oxygen atoms in total. The Bertz CT molecular complexity index is 1580. The Labute approximate surface area is 235 Å². The number of sulfonamides is 1. The first kappa shape index (κ1) is 28.4. The van der Waals surface area contributed by atoms with E-state index in [2.05, 4.69) is 5.32 Å². The Morgan fingerprint density at radius 1 is 1.02 bits per heavy atom. The Morgan fingerprint density at radius 2 is 1.73 bits per heavy atom. The van der Waals surface area contributed by atoms with Crippen molar-refractivity contribution in [2.75, 3.05) is 19.7 Å². The van der Waals surface area contributed by atoms with Gasteiger partial charge in [0.05, 0.1) is 11.7 Å².